The van der Waals surface area contributed by atoms with Gasteiger partial charge in [-0.2, -0.15) is 5.10 Å². The molecule has 1 aromatic heterocycles. The van der Waals surface area contributed by atoms with Gasteiger partial charge in [-0.3, -0.25) is 5.10 Å². The maximum absolute atomic E-state index is 10.9. The fourth-order valence-electron chi connectivity index (χ4n) is 0.754. The average molecular weight is 155 g/mol. The summed E-state index contributed by atoms with van der Waals surface area (Å²) in [6, 6.07) is 0. The van der Waals surface area contributed by atoms with Gasteiger partial charge < -0.3 is 10.5 Å². The van der Waals surface area contributed by atoms with Crippen LogP contribution in [-0.2, 0) is 11.3 Å². The number of nitrogens with one attached hydrogen (secondary N) is 1. The number of hydrogen-bond acceptors (Lipinski definition) is 4. The van der Waals surface area contributed by atoms with E-state index in [-0.39, 0.29) is 6.54 Å². The zero-order valence-electron chi connectivity index (χ0n) is 6.13. The van der Waals surface area contributed by atoms with Crippen molar-refractivity contribution in [3.05, 3.63) is 17.5 Å². The first-order valence-corrected chi connectivity index (χ1v) is 3.10. The smallest absolute Gasteiger partial charge is 0.341 e. The molecule has 0 fully saturated rings. The summed E-state index contributed by atoms with van der Waals surface area (Å²) in [5.74, 6) is -0.417. The molecule has 0 aromatic carbocycles. The van der Waals surface area contributed by atoms with Gasteiger partial charge in [-0.05, 0) is 0 Å². The van der Waals surface area contributed by atoms with Crippen LogP contribution in [0, 0.1) is 0 Å². The number of carbonyl (C=O) groups excluding carboxylic acids is 1. The second-order valence-corrected chi connectivity index (χ2v) is 1.96. The summed E-state index contributed by atoms with van der Waals surface area (Å²) in [4.78, 5) is 10.9. The zero-order chi connectivity index (χ0) is 8.27. The van der Waals surface area contributed by atoms with Gasteiger partial charge in [-0.25, -0.2) is 4.79 Å². The number of esters is 1. The fraction of sp³-hybridized carbons (Fsp3) is 0.333. The highest BCUT2D eigenvalue weighted by Crippen LogP contribution is 2.04. The number of rotatable bonds is 2. The minimum Gasteiger partial charge on any atom is -0.465 e. The van der Waals surface area contributed by atoms with Crippen molar-refractivity contribution in [2.24, 2.45) is 5.73 Å². The van der Waals surface area contributed by atoms with Crippen molar-refractivity contribution in [1.29, 1.82) is 0 Å². The summed E-state index contributed by atoms with van der Waals surface area (Å²) >= 11 is 0. The Balaban J connectivity index is 2.92. The van der Waals surface area contributed by atoms with Gasteiger partial charge in [-0.15, -0.1) is 0 Å². The average Bonchev–Trinajstić information content (AvgIpc) is 2.50. The normalized spacial score (nSPS) is 9.64. The van der Waals surface area contributed by atoms with Crippen LogP contribution in [-0.4, -0.2) is 23.3 Å². The number of aromatic nitrogens is 2. The number of ether oxygens (including phenoxy) is 1. The predicted molar refractivity (Wildman–Crippen MR) is 37.8 cm³/mol. The lowest BCUT2D eigenvalue weighted by Crippen LogP contribution is -2.07. The third-order valence-corrected chi connectivity index (χ3v) is 1.33. The number of H-pyrrole nitrogens is 1. The molecule has 1 heterocycles. The van der Waals surface area contributed by atoms with Gasteiger partial charge >= 0.3 is 5.97 Å². The van der Waals surface area contributed by atoms with Crippen molar-refractivity contribution in [1.82, 2.24) is 10.2 Å². The Hall–Kier alpha value is -1.36. The summed E-state index contributed by atoms with van der Waals surface area (Å²) in [6.45, 7) is 0.254. The third kappa shape index (κ3) is 1.38. The molecule has 0 bridgehead atoms. The first-order valence-electron chi connectivity index (χ1n) is 3.10. The van der Waals surface area contributed by atoms with Crippen molar-refractivity contribution >= 4 is 5.97 Å². The van der Waals surface area contributed by atoms with E-state index < -0.39 is 5.97 Å². The van der Waals surface area contributed by atoms with E-state index >= 15 is 0 Å². The summed E-state index contributed by atoms with van der Waals surface area (Å²) in [5, 5.41) is 6.25. The first kappa shape index (κ1) is 7.74. The molecule has 0 spiro atoms. The van der Waals surface area contributed by atoms with Crippen LogP contribution in [0.25, 0.3) is 0 Å². The van der Waals surface area contributed by atoms with E-state index in [1.54, 1.807) is 0 Å². The zero-order valence-corrected chi connectivity index (χ0v) is 6.13. The van der Waals surface area contributed by atoms with E-state index in [0.29, 0.717) is 11.3 Å². The Kier molecular flexibility index (Phi) is 2.22. The van der Waals surface area contributed by atoms with E-state index in [0.717, 1.165) is 0 Å². The molecule has 0 radical (unpaired) electrons. The van der Waals surface area contributed by atoms with Crippen LogP contribution < -0.4 is 5.73 Å². The largest absolute Gasteiger partial charge is 0.465 e. The number of nitrogens with zero attached hydrogens (tertiary/aromatic N) is 1. The van der Waals surface area contributed by atoms with Crippen LogP contribution in [0.5, 0.6) is 0 Å². The quantitative estimate of drug-likeness (QED) is 0.572. The van der Waals surface area contributed by atoms with Gasteiger partial charge in [-0.1, -0.05) is 0 Å². The highest BCUT2D eigenvalue weighted by atomic mass is 16.5. The van der Waals surface area contributed by atoms with Crippen molar-refractivity contribution in [3.8, 4) is 0 Å². The summed E-state index contributed by atoms with van der Waals surface area (Å²) < 4.78 is 4.48. The lowest BCUT2D eigenvalue weighted by Gasteiger charge is -1.96. The highest BCUT2D eigenvalue weighted by molar-refractivity contribution is 5.90. The Bertz CT molecular complexity index is 256. The van der Waals surface area contributed by atoms with Gasteiger partial charge in [0.15, 0.2) is 0 Å². The van der Waals surface area contributed by atoms with Gasteiger partial charge in [0.05, 0.1) is 19.0 Å². The minimum absolute atomic E-state index is 0.254. The maximum Gasteiger partial charge on any atom is 0.341 e. The molecule has 0 unspecified atom stereocenters. The molecule has 0 saturated heterocycles. The van der Waals surface area contributed by atoms with Crippen LogP contribution >= 0.6 is 0 Å². The SMILES string of the molecule is COC(=O)c1cn[nH]c1CN. The predicted octanol–water partition coefficient (Wildman–Crippen LogP) is -0.345. The van der Waals surface area contributed by atoms with E-state index in [4.69, 9.17) is 5.73 Å². The first-order chi connectivity index (χ1) is 5.29. The standard InChI is InChI=1S/C6H9N3O2/c1-11-6(10)4-3-8-9-5(4)2-7/h3H,2,7H2,1H3,(H,8,9). The second kappa shape index (κ2) is 3.16. The van der Waals surface area contributed by atoms with E-state index in [1.165, 1.54) is 13.3 Å². The number of carbonyl (C=O) groups is 1. The van der Waals surface area contributed by atoms with Crippen molar-refractivity contribution < 1.29 is 9.53 Å². The number of methoxy groups -OCH3 is 1. The second-order valence-electron chi connectivity index (χ2n) is 1.96. The fourth-order valence-corrected chi connectivity index (χ4v) is 0.754. The molecular weight excluding hydrogens is 146 g/mol. The minimum atomic E-state index is -0.417. The molecule has 0 saturated carbocycles. The number of hydrogen-bond donors (Lipinski definition) is 2. The summed E-state index contributed by atoms with van der Waals surface area (Å²) in [5.41, 5.74) is 6.30. The Labute approximate surface area is 63.5 Å². The van der Waals surface area contributed by atoms with Crippen molar-refractivity contribution in [2.75, 3.05) is 7.11 Å². The Morgan fingerprint density at radius 1 is 1.91 bits per heavy atom. The molecule has 11 heavy (non-hydrogen) atoms. The summed E-state index contributed by atoms with van der Waals surface area (Å²) in [6.07, 6.45) is 1.40. The molecule has 0 aliphatic rings. The van der Waals surface area contributed by atoms with Crippen LogP contribution in [0.15, 0.2) is 6.20 Å². The van der Waals surface area contributed by atoms with Crippen LogP contribution in [0.3, 0.4) is 0 Å². The molecule has 5 nitrogen and oxygen atoms in total. The Morgan fingerprint density at radius 3 is 3.18 bits per heavy atom. The molecule has 0 amide bonds. The van der Waals surface area contributed by atoms with E-state index in [9.17, 15) is 4.79 Å². The number of aromatic amines is 1. The molecule has 3 N–H and O–H groups in total. The highest BCUT2D eigenvalue weighted by Gasteiger charge is 2.11. The van der Waals surface area contributed by atoms with Gasteiger partial charge in [0, 0.05) is 6.54 Å². The van der Waals surface area contributed by atoms with Crippen LogP contribution in [0.4, 0.5) is 0 Å². The molecular formula is C6H9N3O2. The molecule has 0 aliphatic heterocycles. The molecule has 1 aromatic rings. The molecule has 60 valence electrons. The number of nitrogens with two attached hydrogens (primary N) is 1. The molecule has 0 atom stereocenters. The molecule has 0 aliphatic carbocycles. The van der Waals surface area contributed by atoms with E-state index in [1.807, 2.05) is 0 Å². The monoisotopic (exact) mass is 155 g/mol. The summed E-state index contributed by atoms with van der Waals surface area (Å²) in [7, 11) is 1.32. The molecule has 5 heteroatoms. The maximum atomic E-state index is 10.9. The van der Waals surface area contributed by atoms with Gasteiger partial charge in [0.2, 0.25) is 0 Å². The third-order valence-electron chi connectivity index (χ3n) is 1.33. The lowest BCUT2D eigenvalue weighted by atomic mass is 10.2. The van der Waals surface area contributed by atoms with Gasteiger partial charge in [0.25, 0.3) is 0 Å². The van der Waals surface area contributed by atoms with Gasteiger partial charge in [0.1, 0.15) is 5.56 Å². The topological polar surface area (TPSA) is 81.0 Å². The molecule has 1 rings (SSSR count). The van der Waals surface area contributed by atoms with E-state index in [2.05, 4.69) is 14.9 Å². The van der Waals surface area contributed by atoms with Crippen LogP contribution in [0.1, 0.15) is 16.1 Å². The lowest BCUT2D eigenvalue weighted by molar-refractivity contribution is 0.0599. The van der Waals surface area contributed by atoms with Crippen molar-refractivity contribution in [3.63, 3.8) is 0 Å². The Morgan fingerprint density at radius 2 is 2.64 bits per heavy atom. The van der Waals surface area contributed by atoms with Crippen LogP contribution in [0.2, 0.25) is 0 Å². The van der Waals surface area contributed by atoms with Crippen molar-refractivity contribution in [2.45, 2.75) is 6.54 Å².